The van der Waals surface area contributed by atoms with Crippen molar-refractivity contribution in [2.24, 2.45) is 0 Å². The molecule has 1 aromatic heterocycles. The number of aryl methyl sites for hydroxylation is 1. The molecule has 2 aromatic rings. The first-order valence-corrected chi connectivity index (χ1v) is 10.2. The minimum absolute atomic E-state index is 0.0403. The summed E-state index contributed by atoms with van der Waals surface area (Å²) in [6.07, 6.45) is 4.21. The van der Waals surface area contributed by atoms with Gasteiger partial charge in [0, 0.05) is 23.1 Å². The van der Waals surface area contributed by atoms with E-state index in [9.17, 15) is 4.79 Å². The second-order valence-electron chi connectivity index (χ2n) is 7.23. The Morgan fingerprint density at radius 2 is 1.85 bits per heavy atom. The number of fused-ring (bicyclic) bond motifs is 1. The van der Waals surface area contributed by atoms with E-state index in [2.05, 4.69) is 20.0 Å². The van der Waals surface area contributed by atoms with E-state index in [0.717, 1.165) is 62.3 Å². The Hall–Kier alpha value is -1.69. The number of halogens is 2. The molecular weight excluding hydrogens is 383 g/mol. The third-order valence-corrected chi connectivity index (χ3v) is 5.85. The fraction of sp³-hybridized carbons (Fsp3) is 0.450. The number of hydrogen-bond donors (Lipinski definition) is 0. The van der Waals surface area contributed by atoms with E-state index >= 15 is 0 Å². The van der Waals surface area contributed by atoms with Gasteiger partial charge in [-0.05, 0) is 68.6 Å². The third kappa shape index (κ3) is 4.26. The van der Waals surface area contributed by atoms with E-state index in [0.29, 0.717) is 28.8 Å². The average molecular weight is 405 g/mol. The summed E-state index contributed by atoms with van der Waals surface area (Å²) in [6.45, 7) is 3.93. The quantitative estimate of drug-likeness (QED) is 0.704. The van der Waals surface area contributed by atoms with E-state index in [-0.39, 0.29) is 5.78 Å². The maximum Gasteiger partial charge on any atom is 0.197 e. The predicted octanol–water partition coefficient (Wildman–Crippen LogP) is 4.01. The van der Waals surface area contributed by atoms with E-state index in [1.54, 1.807) is 6.07 Å². The van der Waals surface area contributed by atoms with Crippen molar-refractivity contribution in [3.8, 4) is 0 Å². The Kier molecular flexibility index (Phi) is 5.62. The topological polar surface area (TPSA) is 49.3 Å². The highest BCUT2D eigenvalue weighted by Gasteiger charge is 2.23. The summed E-state index contributed by atoms with van der Waals surface area (Å²) in [6, 6.07) is 7.41. The lowest BCUT2D eigenvalue weighted by Gasteiger charge is -2.31. The monoisotopic (exact) mass is 404 g/mol. The molecule has 0 atom stereocenters. The van der Waals surface area contributed by atoms with Gasteiger partial charge in [-0.1, -0.05) is 23.2 Å². The lowest BCUT2D eigenvalue weighted by Crippen LogP contribution is -2.31. The van der Waals surface area contributed by atoms with Gasteiger partial charge in [0.25, 0.3) is 0 Å². The summed E-state index contributed by atoms with van der Waals surface area (Å²) in [5.41, 5.74) is 3.35. The number of likely N-dealkylation sites (tertiary alicyclic amines) is 1. The molecule has 3 heterocycles. The molecule has 4 rings (SSSR count). The molecule has 2 aliphatic rings. The Labute approximate surface area is 169 Å². The van der Waals surface area contributed by atoms with Crippen LogP contribution in [0.5, 0.6) is 0 Å². The molecule has 5 nitrogen and oxygen atoms in total. The van der Waals surface area contributed by atoms with Crippen LogP contribution in [0.4, 0.5) is 5.69 Å². The number of benzene rings is 1. The highest BCUT2D eigenvalue weighted by molar-refractivity contribution is 6.33. The van der Waals surface area contributed by atoms with Gasteiger partial charge >= 0.3 is 0 Å². The van der Waals surface area contributed by atoms with Crippen LogP contribution in [-0.4, -0.2) is 47.1 Å². The lowest BCUT2D eigenvalue weighted by molar-refractivity contribution is 0.0939. The molecule has 0 saturated carbocycles. The van der Waals surface area contributed by atoms with Gasteiger partial charge in [-0.25, -0.2) is 0 Å². The number of carbonyl (C=O) groups excluding carboxylic acids is 1. The molecule has 0 unspecified atom stereocenters. The van der Waals surface area contributed by atoms with Crippen LogP contribution in [0.2, 0.25) is 10.0 Å². The number of aromatic nitrogens is 2. The van der Waals surface area contributed by atoms with Crippen LogP contribution in [0.3, 0.4) is 0 Å². The number of rotatable bonds is 5. The predicted molar refractivity (Wildman–Crippen MR) is 108 cm³/mol. The Balaban J connectivity index is 1.57. The molecule has 1 fully saturated rings. The van der Waals surface area contributed by atoms with Crippen molar-refractivity contribution in [1.29, 1.82) is 0 Å². The van der Waals surface area contributed by atoms with Crippen molar-refractivity contribution in [2.45, 2.75) is 32.2 Å². The first-order chi connectivity index (χ1) is 13.1. The molecule has 0 bridgehead atoms. The van der Waals surface area contributed by atoms with E-state index in [1.165, 1.54) is 0 Å². The van der Waals surface area contributed by atoms with Crippen molar-refractivity contribution in [1.82, 2.24) is 15.1 Å². The second-order valence-corrected chi connectivity index (χ2v) is 8.07. The molecule has 1 aromatic carbocycles. The van der Waals surface area contributed by atoms with Crippen LogP contribution in [-0.2, 0) is 13.0 Å². The molecule has 0 amide bonds. The SMILES string of the molecule is O=C(CN1CCCC1)c1cc2c(nn1)CCCN2Cc1cc(Cl)ccc1Cl. The minimum Gasteiger partial charge on any atom is -0.366 e. The molecule has 0 N–H and O–H groups in total. The van der Waals surface area contributed by atoms with E-state index in [4.69, 9.17) is 23.2 Å². The third-order valence-electron chi connectivity index (χ3n) is 5.25. The fourth-order valence-corrected chi connectivity index (χ4v) is 4.18. The van der Waals surface area contributed by atoms with Gasteiger partial charge in [0.2, 0.25) is 0 Å². The number of hydrogen-bond acceptors (Lipinski definition) is 5. The maximum atomic E-state index is 12.6. The van der Waals surface area contributed by atoms with E-state index < -0.39 is 0 Å². The first kappa shape index (κ1) is 18.7. The average Bonchev–Trinajstić information content (AvgIpc) is 3.17. The zero-order valence-electron chi connectivity index (χ0n) is 15.1. The van der Waals surface area contributed by atoms with Gasteiger partial charge in [0.1, 0.15) is 5.69 Å². The highest BCUT2D eigenvalue weighted by Crippen LogP contribution is 2.30. The van der Waals surface area contributed by atoms with Crippen LogP contribution in [0.15, 0.2) is 24.3 Å². The number of Topliss-reactive ketones (excluding diaryl/α,β-unsaturated/α-hetero) is 1. The largest absolute Gasteiger partial charge is 0.366 e. The molecule has 1 saturated heterocycles. The smallest absolute Gasteiger partial charge is 0.197 e. The van der Waals surface area contributed by atoms with Gasteiger partial charge < -0.3 is 4.90 Å². The van der Waals surface area contributed by atoms with Crippen molar-refractivity contribution < 1.29 is 4.79 Å². The van der Waals surface area contributed by atoms with Crippen molar-refractivity contribution in [3.05, 3.63) is 51.3 Å². The van der Waals surface area contributed by atoms with Crippen molar-refractivity contribution in [2.75, 3.05) is 31.1 Å². The normalized spacial score (nSPS) is 17.2. The first-order valence-electron chi connectivity index (χ1n) is 9.41. The molecule has 0 radical (unpaired) electrons. The lowest BCUT2D eigenvalue weighted by atomic mass is 10.1. The van der Waals surface area contributed by atoms with Gasteiger partial charge in [-0.15, -0.1) is 5.10 Å². The maximum absolute atomic E-state index is 12.6. The number of anilines is 1. The molecule has 2 aliphatic heterocycles. The Bertz CT molecular complexity index is 852. The standard InChI is InChI=1S/C20H22Cl2N4O/c21-15-5-6-16(22)14(10-15)12-26-9-3-4-17-19(26)11-18(24-23-17)20(27)13-25-7-1-2-8-25/h5-6,10-11H,1-4,7-9,12-13H2. The summed E-state index contributed by atoms with van der Waals surface area (Å²) in [5.74, 6) is 0.0403. The number of ketones is 1. The Morgan fingerprint density at radius 1 is 1.04 bits per heavy atom. The van der Waals surface area contributed by atoms with Crippen molar-refractivity contribution >= 4 is 34.7 Å². The van der Waals surface area contributed by atoms with Gasteiger partial charge in [-0.3, -0.25) is 9.69 Å². The number of nitrogens with zero attached hydrogens (tertiary/aromatic N) is 4. The molecular formula is C20H22Cl2N4O. The summed E-state index contributed by atoms with van der Waals surface area (Å²) >= 11 is 12.5. The fourth-order valence-electron chi connectivity index (χ4n) is 3.81. The van der Waals surface area contributed by atoms with Crippen LogP contribution in [0.25, 0.3) is 0 Å². The Morgan fingerprint density at radius 3 is 2.67 bits per heavy atom. The molecule has 0 aliphatic carbocycles. The molecule has 0 spiro atoms. The number of carbonyl (C=O) groups is 1. The summed E-state index contributed by atoms with van der Waals surface area (Å²) in [4.78, 5) is 17.1. The van der Waals surface area contributed by atoms with Crippen LogP contribution in [0, 0.1) is 0 Å². The molecule has 7 heteroatoms. The molecule has 27 heavy (non-hydrogen) atoms. The summed E-state index contributed by atoms with van der Waals surface area (Å²) in [5, 5.41) is 9.92. The zero-order chi connectivity index (χ0) is 18.8. The van der Waals surface area contributed by atoms with Crippen LogP contribution < -0.4 is 4.90 Å². The highest BCUT2D eigenvalue weighted by atomic mass is 35.5. The van der Waals surface area contributed by atoms with Crippen LogP contribution >= 0.6 is 23.2 Å². The van der Waals surface area contributed by atoms with Gasteiger partial charge in [0.15, 0.2) is 5.78 Å². The molecule has 142 valence electrons. The minimum atomic E-state index is 0.0403. The van der Waals surface area contributed by atoms with Gasteiger partial charge in [0.05, 0.1) is 17.9 Å². The van der Waals surface area contributed by atoms with E-state index in [1.807, 2.05) is 18.2 Å². The summed E-state index contributed by atoms with van der Waals surface area (Å²) in [7, 11) is 0. The van der Waals surface area contributed by atoms with Gasteiger partial charge in [-0.2, -0.15) is 5.10 Å². The summed E-state index contributed by atoms with van der Waals surface area (Å²) < 4.78 is 0. The second kappa shape index (κ2) is 8.13. The van der Waals surface area contributed by atoms with Crippen molar-refractivity contribution in [3.63, 3.8) is 0 Å². The zero-order valence-corrected chi connectivity index (χ0v) is 16.6. The van der Waals surface area contributed by atoms with Crippen LogP contribution in [0.1, 0.15) is 41.0 Å².